The zero-order valence-corrected chi connectivity index (χ0v) is 19.4. The molecular formula is C27H26N4OS. The quantitative estimate of drug-likeness (QED) is 0.392. The molecule has 3 aromatic carbocycles. The molecule has 0 bridgehead atoms. The zero-order chi connectivity index (χ0) is 22.5. The van der Waals surface area contributed by atoms with Gasteiger partial charge in [-0.1, -0.05) is 66.7 Å². The molecule has 0 saturated carbocycles. The van der Waals surface area contributed by atoms with Gasteiger partial charge >= 0.3 is 0 Å². The third-order valence-electron chi connectivity index (χ3n) is 5.76. The van der Waals surface area contributed by atoms with Gasteiger partial charge in [-0.05, 0) is 28.8 Å². The van der Waals surface area contributed by atoms with Crippen LogP contribution in [0.2, 0.25) is 0 Å². The van der Waals surface area contributed by atoms with Crippen LogP contribution >= 0.6 is 11.3 Å². The largest absolute Gasteiger partial charge is 0.378 e. The molecular weight excluding hydrogens is 428 g/mol. The minimum atomic E-state index is 0.788. The molecule has 5 nitrogen and oxygen atoms in total. The first-order valence-electron chi connectivity index (χ1n) is 11.1. The van der Waals surface area contributed by atoms with Gasteiger partial charge in [-0.15, -0.1) is 11.3 Å². The van der Waals surface area contributed by atoms with Crippen LogP contribution in [-0.2, 0) is 4.74 Å². The fourth-order valence-electron chi connectivity index (χ4n) is 3.94. The van der Waals surface area contributed by atoms with Gasteiger partial charge in [0.15, 0.2) is 0 Å². The lowest BCUT2D eigenvalue weighted by molar-refractivity contribution is 0.122. The third-order valence-corrected chi connectivity index (χ3v) is 6.66. The van der Waals surface area contributed by atoms with Crippen molar-refractivity contribution in [2.75, 3.05) is 38.3 Å². The van der Waals surface area contributed by atoms with E-state index in [2.05, 4.69) is 88.1 Å². The Bertz CT molecular complexity index is 1280. The van der Waals surface area contributed by atoms with E-state index in [1.165, 1.54) is 16.8 Å². The van der Waals surface area contributed by atoms with E-state index in [1.54, 1.807) is 18.4 Å². The minimum Gasteiger partial charge on any atom is -0.378 e. The Balaban J connectivity index is 1.39. The minimum absolute atomic E-state index is 0.788. The number of hydrogen-bond donors (Lipinski definition) is 0. The summed E-state index contributed by atoms with van der Waals surface area (Å²) in [6.07, 6.45) is 1.90. The Labute approximate surface area is 197 Å². The molecule has 2 heterocycles. The van der Waals surface area contributed by atoms with Gasteiger partial charge in [0.1, 0.15) is 0 Å². The van der Waals surface area contributed by atoms with Crippen molar-refractivity contribution in [2.45, 2.75) is 0 Å². The summed E-state index contributed by atoms with van der Waals surface area (Å²) < 4.78 is 7.36. The van der Waals surface area contributed by atoms with Crippen molar-refractivity contribution in [3.63, 3.8) is 0 Å². The maximum Gasteiger partial charge on any atom is 0.205 e. The highest BCUT2D eigenvalue weighted by Gasteiger charge is 2.11. The van der Waals surface area contributed by atoms with Gasteiger partial charge in [0, 0.05) is 36.8 Å². The predicted octanol–water partition coefficient (Wildman–Crippen LogP) is 5.13. The normalized spacial score (nSPS) is 14.8. The molecule has 5 rings (SSSR count). The van der Waals surface area contributed by atoms with Gasteiger partial charge in [0.25, 0.3) is 0 Å². The molecule has 0 unspecified atom stereocenters. The number of anilines is 1. The van der Waals surface area contributed by atoms with Gasteiger partial charge in [-0.2, -0.15) is 5.10 Å². The average Bonchev–Trinajstić information content (AvgIpc) is 3.32. The third kappa shape index (κ3) is 4.82. The number of thiazole rings is 1. The molecule has 1 aromatic heterocycles. The van der Waals surface area contributed by atoms with Gasteiger partial charge in [0.2, 0.25) is 4.80 Å². The molecule has 0 aliphatic carbocycles. The van der Waals surface area contributed by atoms with Crippen LogP contribution in [0.3, 0.4) is 0 Å². The number of benzene rings is 3. The van der Waals surface area contributed by atoms with E-state index in [0.717, 1.165) is 47.9 Å². The van der Waals surface area contributed by atoms with Crippen molar-refractivity contribution < 1.29 is 4.74 Å². The van der Waals surface area contributed by atoms with Crippen molar-refractivity contribution in [3.05, 3.63) is 94.6 Å². The van der Waals surface area contributed by atoms with Crippen molar-refractivity contribution in [3.8, 4) is 22.4 Å². The molecule has 0 amide bonds. The standard InChI is InChI=1S/C27H26N4OS/c1-28-27-31(29-19-21-7-13-25(14-8-21)30-15-17-32-18-16-30)26(20-33-27)24-11-9-23(10-12-24)22-5-3-2-4-6-22/h2-14,19-20H,15-18H2,1H3. The Morgan fingerprint density at radius 2 is 1.48 bits per heavy atom. The molecule has 1 fully saturated rings. The molecule has 4 aromatic rings. The first kappa shape index (κ1) is 21.4. The molecule has 0 N–H and O–H groups in total. The molecule has 0 radical (unpaired) electrons. The summed E-state index contributed by atoms with van der Waals surface area (Å²) in [6.45, 7) is 3.45. The molecule has 0 atom stereocenters. The Morgan fingerprint density at radius 3 is 2.18 bits per heavy atom. The molecule has 1 saturated heterocycles. The number of ether oxygens (including phenoxy) is 1. The summed E-state index contributed by atoms with van der Waals surface area (Å²) >= 11 is 1.59. The lowest BCUT2D eigenvalue weighted by atomic mass is 10.0. The van der Waals surface area contributed by atoms with Crippen LogP contribution in [0.15, 0.2) is 94.3 Å². The average molecular weight is 455 g/mol. The second kappa shape index (κ2) is 9.98. The highest BCUT2D eigenvalue weighted by molar-refractivity contribution is 7.07. The number of morpholine rings is 1. The van der Waals surface area contributed by atoms with Gasteiger partial charge in [-0.25, -0.2) is 4.68 Å². The van der Waals surface area contributed by atoms with E-state index < -0.39 is 0 Å². The van der Waals surface area contributed by atoms with Crippen LogP contribution in [0.1, 0.15) is 5.56 Å². The summed E-state index contributed by atoms with van der Waals surface area (Å²) in [5.41, 5.74) is 6.83. The molecule has 33 heavy (non-hydrogen) atoms. The fourth-order valence-corrected chi connectivity index (χ4v) is 4.75. The smallest absolute Gasteiger partial charge is 0.205 e. The highest BCUT2D eigenvalue weighted by Crippen LogP contribution is 2.25. The van der Waals surface area contributed by atoms with Gasteiger partial charge in [0.05, 0.1) is 25.1 Å². The number of rotatable bonds is 5. The van der Waals surface area contributed by atoms with Crippen LogP contribution in [0.25, 0.3) is 22.4 Å². The Kier molecular flexibility index (Phi) is 6.46. The first-order valence-corrected chi connectivity index (χ1v) is 12.0. The fraction of sp³-hybridized carbons (Fsp3) is 0.185. The zero-order valence-electron chi connectivity index (χ0n) is 18.6. The van der Waals surface area contributed by atoms with E-state index >= 15 is 0 Å². The highest BCUT2D eigenvalue weighted by atomic mass is 32.1. The maximum absolute atomic E-state index is 5.45. The van der Waals surface area contributed by atoms with Crippen LogP contribution < -0.4 is 9.70 Å². The number of nitrogens with zero attached hydrogens (tertiary/aromatic N) is 4. The number of aromatic nitrogens is 1. The van der Waals surface area contributed by atoms with Gasteiger partial charge < -0.3 is 9.64 Å². The van der Waals surface area contributed by atoms with E-state index in [4.69, 9.17) is 9.84 Å². The van der Waals surface area contributed by atoms with Crippen molar-refractivity contribution in [1.82, 2.24) is 4.68 Å². The summed E-state index contributed by atoms with van der Waals surface area (Å²) in [5.74, 6) is 0. The molecule has 166 valence electrons. The van der Waals surface area contributed by atoms with E-state index in [-0.39, 0.29) is 0 Å². The Morgan fingerprint density at radius 1 is 0.818 bits per heavy atom. The number of hydrogen-bond acceptors (Lipinski definition) is 5. The lowest BCUT2D eigenvalue weighted by Gasteiger charge is -2.28. The van der Waals surface area contributed by atoms with Crippen molar-refractivity contribution in [2.24, 2.45) is 10.1 Å². The molecule has 6 heteroatoms. The van der Waals surface area contributed by atoms with E-state index in [0.29, 0.717) is 0 Å². The summed E-state index contributed by atoms with van der Waals surface area (Å²) in [5, 5.41) is 6.89. The topological polar surface area (TPSA) is 42.1 Å². The summed E-state index contributed by atoms with van der Waals surface area (Å²) in [7, 11) is 1.80. The van der Waals surface area contributed by atoms with Crippen molar-refractivity contribution in [1.29, 1.82) is 0 Å². The Hall–Kier alpha value is -3.48. The van der Waals surface area contributed by atoms with Crippen LogP contribution in [0, 0.1) is 0 Å². The molecule has 1 aliphatic rings. The summed E-state index contributed by atoms with van der Waals surface area (Å²) in [4.78, 5) is 7.63. The van der Waals surface area contributed by atoms with Crippen LogP contribution in [0.4, 0.5) is 5.69 Å². The maximum atomic E-state index is 5.45. The van der Waals surface area contributed by atoms with Crippen LogP contribution in [0.5, 0.6) is 0 Å². The monoisotopic (exact) mass is 454 g/mol. The van der Waals surface area contributed by atoms with Gasteiger partial charge in [-0.3, -0.25) is 4.99 Å². The van der Waals surface area contributed by atoms with E-state index in [1.807, 2.05) is 17.0 Å². The summed E-state index contributed by atoms with van der Waals surface area (Å²) in [6, 6.07) is 27.5. The lowest BCUT2D eigenvalue weighted by Crippen LogP contribution is -2.36. The first-order chi connectivity index (χ1) is 16.3. The second-order valence-corrected chi connectivity index (χ2v) is 8.65. The molecule has 1 aliphatic heterocycles. The predicted molar refractivity (Wildman–Crippen MR) is 137 cm³/mol. The SMILES string of the molecule is CN=c1scc(-c2ccc(-c3ccccc3)cc2)n1N=Cc1ccc(N2CCOCC2)cc1. The second-order valence-electron chi connectivity index (χ2n) is 7.82. The van der Waals surface area contributed by atoms with Crippen LogP contribution in [-0.4, -0.2) is 44.2 Å². The molecule has 0 spiro atoms. The van der Waals surface area contributed by atoms with Crippen molar-refractivity contribution >= 4 is 23.2 Å². The van der Waals surface area contributed by atoms with E-state index in [9.17, 15) is 0 Å².